The Labute approximate surface area is 108 Å². The number of aryl methyl sites for hydroxylation is 1. The molecule has 0 saturated carbocycles. The molecule has 0 N–H and O–H groups in total. The molecule has 0 atom stereocenters. The van der Waals surface area contributed by atoms with Crippen LogP contribution in [0.1, 0.15) is 5.69 Å². The van der Waals surface area contributed by atoms with Crippen molar-refractivity contribution in [1.29, 1.82) is 0 Å². The SMILES string of the molecule is Cc1csc(-n2[se]c3ccccc3c2=S)n1. The van der Waals surface area contributed by atoms with Gasteiger partial charge in [-0.1, -0.05) is 0 Å². The van der Waals surface area contributed by atoms with E-state index in [9.17, 15) is 0 Å². The van der Waals surface area contributed by atoms with Gasteiger partial charge in [0.2, 0.25) is 0 Å². The first-order valence-electron chi connectivity index (χ1n) is 4.79. The minimum atomic E-state index is 0.248. The van der Waals surface area contributed by atoms with Crippen LogP contribution in [0.25, 0.3) is 14.8 Å². The molecule has 2 nitrogen and oxygen atoms in total. The Hall–Kier alpha value is -0.741. The molecule has 0 aliphatic heterocycles. The fraction of sp³-hybridized carbons (Fsp3) is 0.0909. The molecule has 2 heterocycles. The fourth-order valence-corrected chi connectivity index (χ4v) is 5.26. The molecule has 1 aromatic carbocycles. The molecule has 5 heteroatoms. The van der Waals surface area contributed by atoms with E-state index in [0.717, 1.165) is 15.5 Å². The second-order valence-electron chi connectivity index (χ2n) is 3.46. The summed E-state index contributed by atoms with van der Waals surface area (Å²) < 4.78 is 4.45. The van der Waals surface area contributed by atoms with E-state index < -0.39 is 0 Å². The molecule has 0 bridgehead atoms. The van der Waals surface area contributed by atoms with E-state index in [-0.39, 0.29) is 14.7 Å². The summed E-state index contributed by atoms with van der Waals surface area (Å²) in [6.45, 7) is 2.01. The van der Waals surface area contributed by atoms with E-state index in [4.69, 9.17) is 12.2 Å². The summed E-state index contributed by atoms with van der Waals surface area (Å²) in [5.41, 5.74) is 1.06. The topological polar surface area (TPSA) is 17.8 Å². The van der Waals surface area contributed by atoms with Crippen LogP contribution < -0.4 is 0 Å². The zero-order valence-corrected chi connectivity index (χ0v) is 11.9. The van der Waals surface area contributed by atoms with E-state index in [1.165, 1.54) is 9.65 Å². The number of rotatable bonds is 1. The molecule has 3 aromatic rings. The average Bonchev–Trinajstić information content (AvgIpc) is 2.84. The summed E-state index contributed by atoms with van der Waals surface area (Å²) in [6.07, 6.45) is 0. The Bertz CT molecular complexity index is 708. The Morgan fingerprint density at radius 1 is 1.38 bits per heavy atom. The van der Waals surface area contributed by atoms with E-state index in [1.54, 1.807) is 11.3 Å². The van der Waals surface area contributed by atoms with Crippen LogP contribution in [0.3, 0.4) is 0 Å². The van der Waals surface area contributed by atoms with Crippen molar-refractivity contribution in [1.82, 2.24) is 8.55 Å². The molecule has 3 rings (SSSR count). The van der Waals surface area contributed by atoms with E-state index in [0.29, 0.717) is 0 Å². The molecule has 0 saturated heterocycles. The fourth-order valence-electron chi connectivity index (χ4n) is 1.53. The Balaban J connectivity index is 2.33. The van der Waals surface area contributed by atoms with Gasteiger partial charge < -0.3 is 0 Å². The summed E-state index contributed by atoms with van der Waals surface area (Å²) >= 11 is 7.41. The van der Waals surface area contributed by atoms with Gasteiger partial charge in [0, 0.05) is 0 Å². The Morgan fingerprint density at radius 3 is 2.88 bits per heavy atom. The average molecular weight is 311 g/mol. The van der Waals surface area contributed by atoms with Gasteiger partial charge in [-0.2, -0.15) is 0 Å². The number of nitrogens with zero attached hydrogens (tertiary/aromatic N) is 2. The van der Waals surface area contributed by atoms with Crippen LogP contribution in [-0.4, -0.2) is 23.3 Å². The second kappa shape index (κ2) is 3.93. The van der Waals surface area contributed by atoms with Crippen LogP contribution in [0, 0.1) is 11.6 Å². The normalized spacial score (nSPS) is 11.1. The van der Waals surface area contributed by atoms with E-state index >= 15 is 0 Å². The standard InChI is InChI=1S/C11H8N2S2Se/c1-7-6-15-11(12-7)13-10(14)8-4-2-3-5-9(8)16-13/h2-6H,1H3. The first-order valence-corrected chi connectivity index (χ1v) is 7.70. The molecule has 0 unspecified atom stereocenters. The van der Waals surface area contributed by atoms with Gasteiger partial charge in [0.1, 0.15) is 0 Å². The van der Waals surface area contributed by atoms with Gasteiger partial charge in [-0.15, -0.1) is 0 Å². The zero-order valence-electron chi connectivity index (χ0n) is 8.51. The van der Waals surface area contributed by atoms with Gasteiger partial charge >= 0.3 is 109 Å². The third kappa shape index (κ3) is 1.60. The predicted octanol–water partition coefficient (Wildman–Crippen LogP) is 3.18. The first-order chi connectivity index (χ1) is 7.75. The molecule has 0 spiro atoms. The van der Waals surface area contributed by atoms with Crippen molar-refractivity contribution >= 4 is 47.9 Å². The molecule has 0 radical (unpaired) electrons. The Morgan fingerprint density at radius 2 is 2.19 bits per heavy atom. The molecular formula is C11H8N2S2Se. The predicted molar refractivity (Wildman–Crippen MR) is 71.5 cm³/mol. The number of fused-ring (bicyclic) bond motifs is 1. The monoisotopic (exact) mass is 312 g/mol. The van der Waals surface area contributed by atoms with Crippen LogP contribution in [0.15, 0.2) is 29.6 Å². The van der Waals surface area contributed by atoms with Crippen molar-refractivity contribution in [3.05, 3.63) is 40.0 Å². The molecule has 0 aliphatic rings. The summed E-state index contributed by atoms with van der Waals surface area (Å²) in [7, 11) is 0. The zero-order chi connectivity index (χ0) is 11.1. The second-order valence-corrected chi connectivity index (χ2v) is 6.75. The quantitative estimate of drug-likeness (QED) is 0.507. The third-order valence-electron chi connectivity index (χ3n) is 2.27. The van der Waals surface area contributed by atoms with Crippen LogP contribution in [0.2, 0.25) is 0 Å². The van der Waals surface area contributed by atoms with Crippen LogP contribution in [0.4, 0.5) is 0 Å². The molecule has 80 valence electrons. The van der Waals surface area contributed by atoms with Gasteiger partial charge in [-0.25, -0.2) is 0 Å². The minimum absolute atomic E-state index is 0.248. The number of thiazole rings is 1. The van der Waals surface area contributed by atoms with Gasteiger partial charge in [-0.05, 0) is 0 Å². The van der Waals surface area contributed by atoms with Crippen molar-refractivity contribution in [2.45, 2.75) is 6.92 Å². The number of benzene rings is 1. The van der Waals surface area contributed by atoms with Crippen molar-refractivity contribution in [3.8, 4) is 5.13 Å². The van der Waals surface area contributed by atoms with Crippen LogP contribution >= 0.6 is 23.6 Å². The van der Waals surface area contributed by atoms with E-state index in [1.807, 2.05) is 13.0 Å². The number of hydrogen-bond donors (Lipinski definition) is 0. The first kappa shape index (κ1) is 10.4. The van der Waals surface area contributed by atoms with Crippen molar-refractivity contribution in [3.63, 3.8) is 0 Å². The maximum absolute atomic E-state index is 5.49. The molecule has 0 aliphatic carbocycles. The van der Waals surface area contributed by atoms with Crippen LogP contribution in [-0.2, 0) is 0 Å². The Kier molecular flexibility index (Phi) is 2.56. The van der Waals surface area contributed by atoms with Gasteiger partial charge in [0.05, 0.1) is 0 Å². The maximum atomic E-state index is 5.49. The van der Waals surface area contributed by atoms with Gasteiger partial charge in [0.25, 0.3) is 0 Å². The van der Waals surface area contributed by atoms with Gasteiger partial charge in [0.15, 0.2) is 0 Å². The van der Waals surface area contributed by atoms with Crippen molar-refractivity contribution < 1.29 is 0 Å². The molecule has 2 aromatic heterocycles. The number of aromatic nitrogens is 2. The summed E-state index contributed by atoms with van der Waals surface area (Å²) in [5.74, 6) is 0. The van der Waals surface area contributed by atoms with Crippen molar-refractivity contribution in [2.24, 2.45) is 0 Å². The summed E-state index contributed by atoms with van der Waals surface area (Å²) in [4.78, 5) is 4.50. The van der Waals surface area contributed by atoms with Crippen molar-refractivity contribution in [2.75, 3.05) is 0 Å². The van der Waals surface area contributed by atoms with Gasteiger partial charge in [-0.3, -0.25) is 0 Å². The summed E-state index contributed by atoms with van der Waals surface area (Å²) in [5, 5.41) is 4.29. The molecule has 0 amide bonds. The summed E-state index contributed by atoms with van der Waals surface area (Å²) in [6, 6.07) is 8.36. The molecular weight excluding hydrogens is 303 g/mol. The third-order valence-corrected chi connectivity index (χ3v) is 6.43. The molecule has 0 fully saturated rings. The van der Waals surface area contributed by atoms with E-state index in [2.05, 4.69) is 32.1 Å². The number of hydrogen-bond acceptors (Lipinski definition) is 3. The molecule has 16 heavy (non-hydrogen) atoms. The van der Waals surface area contributed by atoms with Crippen LogP contribution in [0.5, 0.6) is 0 Å².